The zero-order chi connectivity index (χ0) is 21.5. The lowest BCUT2D eigenvalue weighted by molar-refractivity contribution is -0.120. The molecule has 2 fully saturated rings. The summed E-state index contributed by atoms with van der Waals surface area (Å²) in [6.45, 7) is 3.93. The molecule has 1 saturated carbocycles. The van der Waals surface area contributed by atoms with Gasteiger partial charge in [-0.2, -0.15) is 0 Å². The van der Waals surface area contributed by atoms with Gasteiger partial charge in [0.15, 0.2) is 0 Å². The van der Waals surface area contributed by atoms with Gasteiger partial charge in [0.2, 0.25) is 5.91 Å². The highest BCUT2D eigenvalue weighted by Gasteiger charge is 2.44. The number of hydrogen-bond donors (Lipinski definition) is 1. The number of nitrogens with zero attached hydrogens (tertiary/aromatic N) is 2. The number of hydrogen-bond acceptors (Lipinski definition) is 3. The van der Waals surface area contributed by atoms with E-state index >= 15 is 0 Å². The summed E-state index contributed by atoms with van der Waals surface area (Å²) >= 11 is 5.93. The molecule has 1 aliphatic carbocycles. The lowest BCUT2D eigenvalue weighted by Crippen LogP contribution is -2.28. The number of amides is 1. The van der Waals surface area contributed by atoms with E-state index in [1.165, 1.54) is 6.07 Å². The Kier molecular flexibility index (Phi) is 5.30. The van der Waals surface area contributed by atoms with Gasteiger partial charge in [0.05, 0.1) is 5.52 Å². The van der Waals surface area contributed by atoms with E-state index in [9.17, 15) is 9.18 Å². The van der Waals surface area contributed by atoms with Crippen LogP contribution >= 0.6 is 11.6 Å². The van der Waals surface area contributed by atoms with Crippen LogP contribution in [-0.4, -0.2) is 24.0 Å². The quantitative estimate of drug-likeness (QED) is 0.564. The minimum absolute atomic E-state index is 0.0365. The van der Waals surface area contributed by atoms with Crippen molar-refractivity contribution in [2.45, 2.75) is 19.8 Å². The van der Waals surface area contributed by atoms with Gasteiger partial charge in [-0.25, -0.2) is 4.39 Å². The second-order valence-corrected chi connectivity index (χ2v) is 9.37. The molecule has 5 rings (SSSR count). The van der Waals surface area contributed by atoms with E-state index in [4.69, 9.17) is 11.6 Å². The van der Waals surface area contributed by atoms with Gasteiger partial charge in [-0.1, -0.05) is 18.5 Å². The zero-order valence-electron chi connectivity index (χ0n) is 17.4. The van der Waals surface area contributed by atoms with Crippen molar-refractivity contribution in [3.8, 4) is 0 Å². The molecule has 1 unspecified atom stereocenters. The number of anilines is 2. The summed E-state index contributed by atoms with van der Waals surface area (Å²) in [6, 6.07) is 14.0. The van der Waals surface area contributed by atoms with E-state index in [-0.39, 0.29) is 17.6 Å². The maximum Gasteiger partial charge on any atom is 0.227 e. The first kappa shape index (κ1) is 20.3. The maximum absolute atomic E-state index is 13.8. The first-order valence-corrected chi connectivity index (χ1v) is 11.2. The highest BCUT2D eigenvalue weighted by molar-refractivity contribution is 6.30. The molecule has 0 spiro atoms. The molecular weight excluding hydrogens is 413 g/mol. The van der Waals surface area contributed by atoms with Crippen molar-refractivity contribution in [2.24, 2.45) is 23.7 Å². The highest BCUT2D eigenvalue weighted by Crippen LogP contribution is 2.46. The van der Waals surface area contributed by atoms with Crippen LogP contribution in [0.4, 0.5) is 15.8 Å². The molecule has 1 amide bonds. The van der Waals surface area contributed by atoms with Gasteiger partial charge in [-0.05, 0) is 79.1 Å². The average molecular weight is 438 g/mol. The van der Waals surface area contributed by atoms with Crippen LogP contribution < -0.4 is 10.2 Å². The molecule has 2 heterocycles. The number of carbonyl (C=O) groups is 1. The van der Waals surface area contributed by atoms with Gasteiger partial charge in [0.25, 0.3) is 0 Å². The smallest absolute Gasteiger partial charge is 0.227 e. The predicted molar refractivity (Wildman–Crippen MR) is 123 cm³/mol. The van der Waals surface area contributed by atoms with Gasteiger partial charge in [-0.3, -0.25) is 9.78 Å². The van der Waals surface area contributed by atoms with E-state index in [0.717, 1.165) is 48.2 Å². The Hall–Kier alpha value is -2.66. The fourth-order valence-electron chi connectivity index (χ4n) is 5.33. The number of nitrogens with one attached hydrogen (secondary N) is 1. The zero-order valence-corrected chi connectivity index (χ0v) is 18.1. The van der Waals surface area contributed by atoms with Crippen molar-refractivity contribution < 1.29 is 9.18 Å². The molecule has 0 bridgehead atoms. The van der Waals surface area contributed by atoms with Gasteiger partial charge in [0, 0.05) is 47.0 Å². The third-order valence-corrected chi connectivity index (χ3v) is 7.29. The second-order valence-electron chi connectivity index (χ2n) is 8.93. The third-order valence-electron chi connectivity index (χ3n) is 7.04. The van der Waals surface area contributed by atoms with Crippen LogP contribution in [0.15, 0.2) is 54.7 Å². The number of rotatable bonds is 4. The van der Waals surface area contributed by atoms with Crippen molar-refractivity contribution in [1.29, 1.82) is 0 Å². The molecule has 4 nitrogen and oxygen atoms in total. The molecule has 160 valence electrons. The van der Waals surface area contributed by atoms with E-state index in [1.54, 1.807) is 30.5 Å². The summed E-state index contributed by atoms with van der Waals surface area (Å²) in [4.78, 5) is 19.5. The molecule has 6 heteroatoms. The van der Waals surface area contributed by atoms with Crippen LogP contribution in [0.5, 0.6) is 0 Å². The molecular formula is C25H25ClFN3O. The monoisotopic (exact) mass is 437 g/mol. The van der Waals surface area contributed by atoms with Crippen molar-refractivity contribution in [3.63, 3.8) is 0 Å². The summed E-state index contributed by atoms with van der Waals surface area (Å²) in [5.74, 6) is 1.31. The Labute approximate surface area is 186 Å². The molecule has 31 heavy (non-hydrogen) atoms. The fraction of sp³-hybridized carbons (Fsp3) is 0.360. The van der Waals surface area contributed by atoms with Gasteiger partial charge in [-0.15, -0.1) is 0 Å². The number of halogens is 2. The van der Waals surface area contributed by atoms with Crippen LogP contribution in [0, 0.1) is 29.5 Å². The molecule has 1 aromatic heterocycles. The Morgan fingerprint density at radius 1 is 1.13 bits per heavy atom. The van der Waals surface area contributed by atoms with Crippen LogP contribution in [0.3, 0.4) is 0 Å². The Balaban J connectivity index is 1.24. The van der Waals surface area contributed by atoms with Crippen molar-refractivity contribution in [2.75, 3.05) is 23.3 Å². The van der Waals surface area contributed by atoms with Crippen molar-refractivity contribution in [1.82, 2.24) is 4.98 Å². The van der Waals surface area contributed by atoms with Crippen LogP contribution in [0.25, 0.3) is 10.9 Å². The lowest BCUT2D eigenvalue weighted by Gasteiger charge is -2.24. The molecule has 4 atom stereocenters. The third kappa shape index (κ3) is 3.99. The first-order chi connectivity index (χ1) is 15.0. The molecule has 1 aliphatic heterocycles. The highest BCUT2D eigenvalue weighted by atomic mass is 35.5. The van der Waals surface area contributed by atoms with Crippen LogP contribution in [0.2, 0.25) is 5.02 Å². The normalized spacial score (nSPS) is 23.7. The Morgan fingerprint density at radius 2 is 1.84 bits per heavy atom. The predicted octanol–water partition coefficient (Wildman–Crippen LogP) is 5.76. The molecule has 0 radical (unpaired) electrons. The molecule has 2 aliphatic rings. The molecule has 1 saturated heterocycles. The Bertz CT molecular complexity index is 1110. The lowest BCUT2D eigenvalue weighted by atomic mass is 9.90. The average Bonchev–Trinajstić information content (AvgIpc) is 3.33. The van der Waals surface area contributed by atoms with E-state index in [1.807, 2.05) is 25.1 Å². The Morgan fingerprint density at radius 3 is 2.55 bits per heavy atom. The SMILES string of the molecule is CC(C(=O)Nc1ccc(Cl)cc1)[C@@H]1C[C@@H]2CN(c3ccnc4ccc(F)cc34)C[C@@H]2C1. The maximum atomic E-state index is 13.8. The van der Waals surface area contributed by atoms with E-state index in [0.29, 0.717) is 22.8 Å². The summed E-state index contributed by atoms with van der Waals surface area (Å²) in [5, 5.41) is 4.55. The van der Waals surface area contributed by atoms with Gasteiger partial charge < -0.3 is 10.2 Å². The standard InChI is InChI=1S/C25H25ClFN3O/c1-15(25(31)29-21-5-2-19(26)3-6-21)16-10-17-13-30(14-18(17)11-16)24-8-9-28-23-7-4-20(27)12-22(23)24/h2-9,12,15-18H,10-11,13-14H2,1H3,(H,29,31)/t15?,16-,17-,18+. The number of aromatic nitrogens is 1. The number of pyridine rings is 1. The fourth-order valence-corrected chi connectivity index (χ4v) is 5.46. The first-order valence-electron chi connectivity index (χ1n) is 10.8. The summed E-state index contributed by atoms with van der Waals surface area (Å²) < 4.78 is 13.8. The summed E-state index contributed by atoms with van der Waals surface area (Å²) in [7, 11) is 0. The second kappa shape index (κ2) is 8.12. The van der Waals surface area contributed by atoms with Crippen LogP contribution in [-0.2, 0) is 4.79 Å². The van der Waals surface area contributed by atoms with Gasteiger partial charge >= 0.3 is 0 Å². The van der Waals surface area contributed by atoms with Crippen LogP contribution in [0.1, 0.15) is 19.8 Å². The van der Waals surface area contributed by atoms with Crippen molar-refractivity contribution >= 4 is 39.8 Å². The molecule has 2 aromatic carbocycles. The van der Waals surface area contributed by atoms with Gasteiger partial charge in [0.1, 0.15) is 5.82 Å². The molecule has 1 N–H and O–H groups in total. The minimum Gasteiger partial charge on any atom is -0.370 e. The number of benzene rings is 2. The van der Waals surface area contributed by atoms with Crippen molar-refractivity contribution in [3.05, 3.63) is 65.6 Å². The number of carbonyl (C=O) groups excluding carboxylic acids is 1. The summed E-state index contributed by atoms with van der Waals surface area (Å²) in [5.41, 5.74) is 2.66. The largest absolute Gasteiger partial charge is 0.370 e. The van der Waals surface area contributed by atoms with E-state index < -0.39 is 0 Å². The minimum atomic E-state index is -0.235. The summed E-state index contributed by atoms with van der Waals surface area (Å²) in [6.07, 6.45) is 3.90. The number of fused-ring (bicyclic) bond motifs is 2. The van der Waals surface area contributed by atoms with E-state index in [2.05, 4.69) is 15.2 Å². The molecule has 3 aromatic rings. The topological polar surface area (TPSA) is 45.2 Å².